The van der Waals surface area contributed by atoms with E-state index in [0.717, 1.165) is 58.9 Å². The fraction of sp³-hybridized carbons (Fsp3) is 0.385. The van der Waals surface area contributed by atoms with Crippen LogP contribution in [0.1, 0.15) is 41.1 Å². The molecule has 3 aromatic rings. The first-order chi connectivity index (χ1) is 15.3. The number of halogens is 1. The summed E-state index contributed by atoms with van der Waals surface area (Å²) in [5.41, 5.74) is 6.75. The van der Waals surface area contributed by atoms with E-state index >= 15 is 0 Å². The van der Waals surface area contributed by atoms with E-state index in [-0.39, 0.29) is 11.2 Å². The number of thiophene rings is 1. The van der Waals surface area contributed by atoms with Crippen molar-refractivity contribution in [2.75, 3.05) is 31.2 Å². The number of aryl methyl sites for hydroxylation is 1. The van der Waals surface area contributed by atoms with Gasteiger partial charge in [0.25, 0.3) is 0 Å². The SMILES string of the molecule is Cc1cc(Br)cc(-c2cc(-c3c(N4CCOCC4)sc4c3CC(C)(C)CC4=O)ccn2)c1. The van der Waals surface area contributed by atoms with Crippen LogP contribution in [0.15, 0.2) is 41.0 Å². The number of carbonyl (C=O) groups is 1. The zero-order chi connectivity index (χ0) is 22.5. The van der Waals surface area contributed by atoms with Crippen molar-refractivity contribution in [3.8, 4) is 22.4 Å². The lowest BCUT2D eigenvalue weighted by Crippen LogP contribution is -2.36. The van der Waals surface area contributed by atoms with Crippen molar-refractivity contribution in [2.24, 2.45) is 5.41 Å². The largest absolute Gasteiger partial charge is 0.378 e. The normalized spacial score (nSPS) is 18.0. The number of benzene rings is 1. The highest BCUT2D eigenvalue weighted by molar-refractivity contribution is 9.10. The predicted octanol–water partition coefficient (Wildman–Crippen LogP) is 6.54. The number of rotatable bonds is 3. The highest BCUT2D eigenvalue weighted by Gasteiger charge is 2.37. The minimum Gasteiger partial charge on any atom is -0.378 e. The van der Waals surface area contributed by atoms with E-state index in [9.17, 15) is 4.79 Å². The molecule has 1 aromatic carbocycles. The molecule has 0 spiro atoms. The van der Waals surface area contributed by atoms with Gasteiger partial charge in [-0.3, -0.25) is 9.78 Å². The second-order valence-electron chi connectivity index (χ2n) is 9.58. The Bertz CT molecular complexity index is 1170. The van der Waals surface area contributed by atoms with Crippen LogP contribution in [0.25, 0.3) is 22.4 Å². The molecule has 0 radical (unpaired) electrons. The van der Waals surface area contributed by atoms with Crippen LogP contribution in [0.3, 0.4) is 0 Å². The molecule has 3 heterocycles. The number of Topliss-reactive ketones (excluding diaryl/α,β-unsaturated/α-hetero) is 1. The van der Waals surface area contributed by atoms with Crippen LogP contribution in [-0.4, -0.2) is 37.1 Å². The molecule has 0 unspecified atom stereocenters. The Labute approximate surface area is 201 Å². The molecule has 1 saturated heterocycles. The Morgan fingerprint density at radius 1 is 1.09 bits per heavy atom. The number of aromatic nitrogens is 1. The highest BCUT2D eigenvalue weighted by Crippen LogP contribution is 2.49. The Kier molecular flexibility index (Phi) is 5.72. The van der Waals surface area contributed by atoms with Crippen LogP contribution in [0.2, 0.25) is 0 Å². The molecule has 2 aliphatic rings. The summed E-state index contributed by atoms with van der Waals surface area (Å²) in [6, 6.07) is 10.6. The molecule has 0 atom stereocenters. The molecular formula is C26H27BrN2O2S. The molecule has 166 valence electrons. The maximum atomic E-state index is 13.1. The first-order valence-electron chi connectivity index (χ1n) is 11.1. The molecule has 2 aromatic heterocycles. The average Bonchev–Trinajstić information content (AvgIpc) is 3.12. The summed E-state index contributed by atoms with van der Waals surface area (Å²) in [6.07, 6.45) is 3.42. The predicted molar refractivity (Wildman–Crippen MR) is 135 cm³/mol. The third kappa shape index (κ3) is 4.16. The zero-order valence-electron chi connectivity index (χ0n) is 18.7. The Morgan fingerprint density at radius 2 is 1.88 bits per heavy atom. The number of hydrogen-bond donors (Lipinski definition) is 0. The van der Waals surface area contributed by atoms with Crippen molar-refractivity contribution in [1.29, 1.82) is 0 Å². The number of carbonyl (C=O) groups excluding carboxylic acids is 1. The van der Waals surface area contributed by atoms with Crippen molar-refractivity contribution in [3.05, 3.63) is 57.0 Å². The van der Waals surface area contributed by atoms with E-state index in [1.807, 2.05) is 6.20 Å². The van der Waals surface area contributed by atoms with Gasteiger partial charge in [0.1, 0.15) is 0 Å². The van der Waals surface area contributed by atoms with Crippen LogP contribution >= 0.6 is 27.3 Å². The van der Waals surface area contributed by atoms with Gasteiger partial charge in [-0.25, -0.2) is 0 Å². The molecule has 1 fully saturated rings. The van der Waals surface area contributed by atoms with Crippen LogP contribution in [0.5, 0.6) is 0 Å². The fourth-order valence-electron chi connectivity index (χ4n) is 4.82. The van der Waals surface area contributed by atoms with Crippen molar-refractivity contribution in [2.45, 2.75) is 33.6 Å². The van der Waals surface area contributed by atoms with Gasteiger partial charge in [0.15, 0.2) is 5.78 Å². The minimum absolute atomic E-state index is 0.0283. The van der Waals surface area contributed by atoms with Crippen LogP contribution in [-0.2, 0) is 11.2 Å². The van der Waals surface area contributed by atoms with Gasteiger partial charge in [-0.15, -0.1) is 11.3 Å². The number of anilines is 1. The molecule has 32 heavy (non-hydrogen) atoms. The number of ketones is 1. The summed E-state index contributed by atoms with van der Waals surface area (Å²) in [4.78, 5) is 21.1. The minimum atomic E-state index is -0.0283. The quantitative estimate of drug-likeness (QED) is 0.401. The van der Waals surface area contributed by atoms with Gasteiger partial charge >= 0.3 is 0 Å². The highest BCUT2D eigenvalue weighted by atomic mass is 79.9. The maximum Gasteiger partial charge on any atom is 0.173 e. The number of pyridine rings is 1. The lowest BCUT2D eigenvalue weighted by molar-refractivity contribution is 0.0918. The summed E-state index contributed by atoms with van der Waals surface area (Å²) in [5, 5.41) is 1.20. The third-order valence-electron chi connectivity index (χ3n) is 6.22. The van der Waals surface area contributed by atoms with E-state index in [4.69, 9.17) is 4.74 Å². The van der Waals surface area contributed by atoms with Crippen molar-refractivity contribution >= 4 is 38.1 Å². The smallest absolute Gasteiger partial charge is 0.173 e. The number of nitrogens with zero attached hydrogens (tertiary/aromatic N) is 2. The monoisotopic (exact) mass is 510 g/mol. The van der Waals surface area contributed by atoms with E-state index in [2.05, 4.69) is 76.9 Å². The molecule has 0 N–H and O–H groups in total. The second kappa shape index (κ2) is 8.40. The lowest BCUT2D eigenvalue weighted by Gasteiger charge is -2.30. The van der Waals surface area contributed by atoms with Crippen molar-refractivity contribution in [3.63, 3.8) is 0 Å². The van der Waals surface area contributed by atoms with Gasteiger partial charge in [-0.2, -0.15) is 0 Å². The zero-order valence-corrected chi connectivity index (χ0v) is 21.1. The fourth-order valence-corrected chi connectivity index (χ4v) is 6.76. The van der Waals surface area contributed by atoms with Gasteiger partial charge in [0.05, 0.1) is 28.8 Å². The molecule has 0 bridgehead atoms. The Balaban J connectivity index is 1.68. The second-order valence-corrected chi connectivity index (χ2v) is 11.5. The Morgan fingerprint density at radius 3 is 2.62 bits per heavy atom. The van der Waals surface area contributed by atoms with Crippen LogP contribution in [0, 0.1) is 12.3 Å². The number of fused-ring (bicyclic) bond motifs is 1. The lowest BCUT2D eigenvalue weighted by atomic mass is 9.75. The molecular weight excluding hydrogens is 484 g/mol. The number of morpholine rings is 1. The van der Waals surface area contributed by atoms with E-state index in [0.29, 0.717) is 6.42 Å². The van der Waals surface area contributed by atoms with Crippen LogP contribution < -0.4 is 4.90 Å². The third-order valence-corrected chi connectivity index (χ3v) is 8.01. The first-order valence-corrected chi connectivity index (χ1v) is 12.7. The summed E-state index contributed by atoms with van der Waals surface area (Å²) in [7, 11) is 0. The summed E-state index contributed by atoms with van der Waals surface area (Å²) in [6.45, 7) is 9.65. The molecule has 6 heteroatoms. The molecule has 0 saturated carbocycles. The molecule has 1 aliphatic heterocycles. The van der Waals surface area contributed by atoms with E-state index in [1.165, 1.54) is 21.7 Å². The first kappa shape index (κ1) is 21.8. The molecule has 4 nitrogen and oxygen atoms in total. The van der Waals surface area contributed by atoms with Gasteiger partial charge in [0, 0.05) is 41.3 Å². The molecule has 0 amide bonds. The molecule has 5 rings (SSSR count). The number of ether oxygens (including phenoxy) is 1. The van der Waals surface area contributed by atoms with Gasteiger partial charge in [0.2, 0.25) is 0 Å². The molecule has 1 aliphatic carbocycles. The van der Waals surface area contributed by atoms with E-state index in [1.54, 1.807) is 11.3 Å². The maximum absolute atomic E-state index is 13.1. The summed E-state index contributed by atoms with van der Waals surface area (Å²) >= 11 is 5.29. The van der Waals surface area contributed by atoms with Gasteiger partial charge < -0.3 is 9.64 Å². The summed E-state index contributed by atoms with van der Waals surface area (Å²) in [5.74, 6) is 0.277. The van der Waals surface area contributed by atoms with Gasteiger partial charge in [-0.05, 0) is 65.8 Å². The number of hydrogen-bond acceptors (Lipinski definition) is 5. The topological polar surface area (TPSA) is 42.4 Å². The van der Waals surface area contributed by atoms with Crippen molar-refractivity contribution in [1.82, 2.24) is 4.98 Å². The standard InChI is InChI=1S/C26H27BrN2O2S/c1-16-10-18(12-19(27)11-16)21-13-17(4-5-28-21)23-20-14-26(2,3)15-22(30)24(20)32-25(23)29-6-8-31-9-7-29/h4-5,10-13H,6-9,14-15H2,1-3H3. The van der Waals surface area contributed by atoms with Crippen molar-refractivity contribution < 1.29 is 9.53 Å². The summed E-state index contributed by atoms with van der Waals surface area (Å²) < 4.78 is 6.65. The Hall–Kier alpha value is -2.02. The van der Waals surface area contributed by atoms with Gasteiger partial charge in [-0.1, -0.05) is 29.8 Å². The average molecular weight is 511 g/mol. The van der Waals surface area contributed by atoms with Crippen LogP contribution in [0.4, 0.5) is 5.00 Å². The van der Waals surface area contributed by atoms with E-state index < -0.39 is 0 Å².